The van der Waals surface area contributed by atoms with E-state index in [9.17, 15) is 8.42 Å². The van der Waals surface area contributed by atoms with E-state index in [0.717, 1.165) is 19.4 Å². The highest BCUT2D eigenvalue weighted by molar-refractivity contribution is 7.92. The van der Waals surface area contributed by atoms with Crippen LogP contribution >= 0.6 is 0 Å². The number of nitrogens with one attached hydrogen (secondary N) is 2. The summed E-state index contributed by atoms with van der Waals surface area (Å²) in [6.07, 6.45) is 1.96. The molecule has 0 spiro atoms. The van der Waals surface area contributed by atoms with E-state index in [2.05, 4.69) is 10.0 Å². The molecule has 1 heterocycles. The Morgan fingerprint density at radius 2 is 2.33 bits per heavy atom. The maximum Gasteiger partial charge on any atom is 0.234 e. The topological polar surface area (TPSA) is 67.4 Å². The molecule has 18 heavy (non-hydrogen) atoms. The number of methoxy groups -OCH3 is 1. The third-order valence-electron chi connectivity index (χ3n) is 2.93. The number of benzene rings is 1. The van der Waals surface area contributed by atoms with E-state index in [1.165, 1.54) is 0 Å². The number of anilines is 1. The van der Waals surface area contributed by atoms with Gasteiger partial charge in [-0.1, -0.05) is 6.07 Å². The van der Waals surface area contributed by atoms with E-state index < -0.39 is 10.0 Å². The predicted octanol–water partition coefficient (Wildman–Crippen LogP) is 1.19. The third kappa shape index (κ3) is 3.61. The van der Waals surface area contributed by atoms with Gasteiger partial charge in [0, 0.05) is 12.1 Å². The van der Waals surface area contributed by atoms with Crippen molar-refractivity contribution >= 4 is 15.7 Å². The molecule has 0 bridgehead atoms. The van der Waals surface area contributed by atoms with Crippen molar-refractivity contribution in [1.82, 2.24) is 5.32 Å². The molecular weight excluding hydrogens is 252 g/mol. The molecule has 1 fully saturated rings. The molecule has 1 saturated heterocycles. The SMILES string of the molecule is COc1cccc(NS(=O)(=O)CC2CCCN2)c1. The molecule has 1 aliphatic heterocycles. The lowest BCUT2D eigenvalue weighted by Gasteiger charge is -2.13. The molecule has 0 aliphatic carbocycles. The molecule has 1 aromatic rings. The minimum Gasteiger partial charge on any atom is -0.497 e. The van der Waals surface area contributed by atoms with Crippen LogP contribution in [0.1, 0.15) is 12.8 Å². The van der Waals surface area contributed by atoms with Gasteiger partial charge in [-0.15, -0.1) is 0 Å². The molecule has 1 unspecified atom stereocenters. The molecule has 1 atom stereocenters. The Morgan fingerprint density at radius 3 is 3.00 bits per heavy atom. The Balaban J connectivity index is 2.02. The van der Waals surface area contributed by atoms with Crippen molar-refractivity contribution in [2.45, 2.75) is 18.9 Å². The number of ether oxygens (including phenoxy) is 1. The lowest BCUT2D eigenvalue weighted by Crippen LogP contribution is -2.32. The summed E-state index contributed by atoms with van der Waals surface area (Å²) in [7, 11) is -1.76. The van der Waals surface area contributed by atoms with E-state index in [4.69, 9.17) is 4.74 Å². The molecular formula is C12H18N2O3S. The first-order chi connectivity index (χ1) is 8.59. The summed E-state index contributed by atoms with van der Waals surface area (Å²) < 4.78 is 31.6. The van der Waals surface area contributed by atoms with Gasteiger partial charge in [0.2, 0.25) is 10.0 Å². The van der Waals surface area contributed by atoms with Crippen molar-refractivity contribution in [3.8, 4) is 5.75 Å². The Hall–Kier alpha value is -1.27. The fraction of sp³-hybridized carbons (Fsp3) is 0.500. The average Bonchev–Trinajstić information content (AvgIpc) is 2.80. The van der Waals surface area contributed by atoms with Gasteiger partial charge in [0.05, 0.1) is 18.6 Å². The zero-order valence-corrected chi connectivity index (χ0v) is 11.2. The van der Waals surface area contributed by atoms with E-state index in [-0.39, 0.29) is 11.8 Å². The van der Waals surface area contributed by atoms with Crippen molar-refractivity contribution in [3.05, 3.63) is 24.3 Å². The Bertz CT molecular complexity index is 496. The molecule has 1 aliphatic rings. The van der Waals surface area contributed by atoms with Crippen LogP contribution < -0.4 is 14.8 Å². The highest BCUT2D eigenvalue weighted by Crippen LogP contribution is 2.18. The van der Waals surface area contributed by atoms with E-state index in [0.29, 0.717) is 11.4 Å². The van der Waals surface area contributed by atoms with Crippen LogP contribution in [-0.4, -0.2) is 33.9 Å². The van der Waals surface area contributed by atoms with Crippen LogP contribution in [0.3, 0.4) is 0 Å². The van der Waals surface area contributed by atoms with Crippen molar-refractivity contribution in [2.75, 3.05) is 24.1 Å². The van der Waals surface area contributed by atoms with Crippen LogP contribution in [-0.2, 0) is 10.0 Å². The van der Waals surface area contributed by atoms with Crippen molar-refractivity contribution in [1.29, 1.82) is 0 Å². The smallest absolute Gasteiger partial charge is 0.234 e. The number of sulfonamides is 1. The van der Waals surface area contributed by atoms with E-state index in [1.54, 1.807) is 31.4 Å². The van der Waals surface area contributed by atoms with Gasteiger partial charge in [-0.3, -0.25) is 4.72 Å². The Kier molecular flexibility index (Phi) is 4.08. The van der Waals surface area contributed by atoms with Crippen molar-refractivity contribution < 1.29 is 13.2 Å². The van der Waals surface area contributed by atoms with Crippen molar-refractivity contribution in [2.24, 2.45) is 0 Å². The molecule has 0 radical (unpaired) electrons. The number of hydrogen-bond acceptors (Lipinski definition) is 4. The third-order valence-corrected chi connectivity index (χ3v) is 4.31. The summed E-state index contributed by atoms with van der Waals surface area (Å²) in [6.45, 7) is 0.902. The Morgan fingerprint density at radius 1 is 1.50 bits per heavy atom. The van der Waals surface area contributed by atoms with Gasteiger partial charge in [0.1, 0.15) is 5.75 Å². The summed E-state index contributed by atoms with van der Waals surface area (Å²) >= 11 is 0. The molecule has 0 amide bonds. The molecule has 2 rings (SSSR count). The quantitative estimate of drug-likeness (QED) is 0.843. The summed E-state index contributed by atoms with van der Waals surface area (Å²) in [5, 5.41) is 3.18. The fourth-order valence-electron chi connectivity index (χ4n) is 2.07. The van der Waals surface area contributed by atoms with Crippen LogP contribution in [0, 0.1) is 0 Å². The van der Waals surface area contributed by atoms with Gasteiger partial charge in [0.15, 0.2) is 0 Å². The lowest BCUT2D eigenvalue weighted by atomic mass is 10.3. The van der Waals surface area contributed by atoms with Crippen LogP contribution in [0.4, 0.5) is 5.69 Å². The van der Waals surface area contributed by atoms with Crippen molar-refractivity contribution in [3.63, 3.8) is 0 Å². The second-order valence-corrected chi connectivity index (χ2v) is 6.18. The molecule has 6 heteroatoms. The predicted molar refractivity (Wildman–Crippen MR) is 71.4 cm³/mol. The average molecular weight is 270 g/mol. The van der Waals surface area contributed by atoms with E-state index in [1.807, 2.05) is 0 Å². The van der Waals surface area contributed by atoms with Crippen LogP contribution in [0.25, 0.3) is 0 Å². The minimum absolute atomic E-state index is 0.0631. The molecule has 5 nitrogen and oxygen atoms in total. The maximum atomic E-state index is 12.0. The standard InChI is InChI=1S/C12H18N2O3S/c1-17-12-6-2-4-10(8-12)14-18(15,16)9-11-5-3-7-13-11/h2,4,6,8,11,13-14H,3,5,7,9H2,1H3. The van der Waals surface area contributed by atoms with E-state index >= 15 is 0 Å². The van der Waals surface area contributed by atoms with Gasteiger partial charge < -0.3 is 10.1 Å². The second-order valence-electron chi connectivity index (χ2n) is 4.41. The van der Waals surface area contributed by atoms with Crippen LogP contribution in [0.5, 0.6) is 5.75 Å². The fourth-order valence-corrected chi connectivity index (χ4v) is 3.46. The van der Waals surface area contributed by atoms with Gasteiger partial charge in [-0.2, -0.15) is 0 Å². The summed E-state index contributed by atoms with van der Waals surface area (Å²) in [5.74, 6) is 0.749. The van der Waals surface area contributed by atoms with Crippen LogP contribution in [0.15, 0.2) is 24.3 Å². The summed E-state index contributed by atoms with van der Waals surface area (Å²) in [6, 6.07) is 6.97. The normalized spacial score (nSPS) is 19.7. The monoisotopic (exact) mass is 270 g/mol. The second kappa shape index (κ2) is 5.58. The number of hydrogen-bond donors (Lipinski definition) is 2. The molecule has 0 saturated carbocycles. The van der Waals surface area contributed by atoms with Crippen LogP contribution in [0.2, 0.25) is 0 Å². The molecule has 100 valence electrons. The zero-order chi connectivity index (χ0) is 13.0. The maximum absolute atomic E-state index is 12.0. The summed E-state index contributed by atoms with van der Waals surface area (Å²) in [5.41, 5.74) is 0.535. The molecule has 2 N–H and O–H groups in total. The first-order valence-electron chi connectivity index (χ1n) is 5.97. The highest BCUT2D eigenvalue weighted by Gasteiger charge is 2.21. The van der Waals surface area contributed by atoms with Gasteiger partial charge in [0.25, 0.3) is 0 Å². The van der Waals surface area contributed by atoms with Gasteiger partial charge in [-0.05, 0) is 31.5 Å². The Labute approximate surface area is 108 Å². The van der Waals surface area contributed by atoms with Gasteiger partial charge >= 0.3 is 0 Å². The largest absolute Gasteiger partial charge is 0.497 e. The minimum atomic E-state index is -3.31. The first kappa shape index (κ1) is 13.2. The molecule has 0 aromatic heterocycles. The summed E-state index contributed by atoms with van der Waals surface area (Å²) in [4.78, 5) is 0. The zero-order valence-electron chi connectivity index (χ0n) is 10.3. The lowest BCUT2D eigenvalue weighted by molar-refractivity contribution is 0.415. The highest BCUT2D eigenvalue weighted by atomic mass is 32.2. The number of rotatable bonds is 5. The molecule has 1 aromatic carbocycles. The van der Waals surface area contributed by atoms with Gasteiger partial charge in [-0.25, -0.2) is 8.42 Å². The first-order valence-corrected chi connectivity index (χ1v) is 7.62.